The topological polar surface area (TPSA) is 50.9 Å². The van der Waals surface area contributed by atoms with Crippen LogP contribution < -0.4 is 0 Å². The van der Waals surface area contributed by atoms with Crippen molar-refractivity contribution < 1.29 is 30.3 Å². The molecule has 0 saturated heterocycles. The van der Waals surface area contributed by atoms with Gasteiger partial charge in [-0.3, -0.25) is 9.55 Å². The molecule has 0 unspecified atom stereocenters. The van der Waals surface area contributed by atoms with E-state index in [9.17, 15) is 5.11 Å². The van der Waals surface area contributed by atoms with Gasteiger partial charge in [-0.25, -0.2) is 4.98 Å². The third kappa shape index (κ3) is 9.46. The van der Waals surface area contributed by atoms with Crippen molar-refractivity contribution in [1.29, 1.82) is 0 Å². The number of phenols is 1. The predicted molar refractivity (Wildman–Crippen MR) is 289 cm³/mol. The van der Waals surface area contributed by atoms with E-state index in [-0.39, 0.29) is 49.6 Å². The Bertz CT molecular complexity index is 3590. The van der Waals surface area contributed by atoms with Crippen molar-refractivity contribution in [3.8, 4) is 89.7 Å². The number of rotatable bonds is 10. The van der Waals surface area contributed by atoms with Crippen LogP contribution in [0, 0.1) is 12.9 Å². The van der Waals surface area contributed by atoms with E-state index < -0.39 is 6.85 Å². The van der Waals surface area contributed by atoms with Gasteiger partial charge in [0.2, 0.25) is 0 Å². The summed E-state index contributed by atoms with van der Waals surface area (Å²) in [5, 5.41) is 12.4. The summed E-state index contributed by atoms with van der Waals surface area (Å²) in [6.45, 7) is 12.7. The van der Waals surface area contributed by atoms with E-state index in [1.165, 1.54) is 11.1 Å². The van der Waals surface area contributed by atoms with Gasteiger partial charge in [0.1, 0.15) is 11.6 Å². The molecule has 8 aromatic carbocycles. The second-order valence-corrected chi connectivity index (χ2v) is 19.8. The second-order valence-electron chi connectivity index (χ2n) is 19.8. The van der Waals surface area contributed by atoms with E-state index in [4.69, 9.17) is 14.1 Å². The predicted octanol–water partition coefficient (Wildman–Crippen LogP) is 17.4. The summed E-state index contributed by atoms with van der Waals surface area (Å²) in [7, 11) is 0. The third-order valence-corrected chi connectivity index (χ3v) is 13.3. The SMILES string of the molecule is [2H]C([2H])([2H])c1ccc(-n2c(-c3cc(C(C)C)cc(C(C)C)c3O)nc3c(-c4[c-]c(-c5cc(-c6ccc(-c7ccccc7)cc6)ccn5)cc(-c5ccccc5)c4)cccc32)c(-c2ccc(C(C)(C)C)cc2)c1.[Pt]. The van der Waals surface area contributed by atoms with Gasteiger partial charge in [-0.2, -0.15) is 0 Å². The fourth-order valence-corrected chi connectivity index (χ4v) is 9.37. The molecule has 0 amide bonds. The number of fused-ring (bicyclic) bond motifs is 1. The van der Waals surface area contributed by atoms with E-state index in [1.807, 2.05) is 48.7 Å². The number of para-hydroxylation sites is 1. The molecule has 0 radical (unpaired) electrons. The molecule has 0 bridgehead atoms. The minimum Gasteiger partial charge on any atom is -0.507 e. The molecule has 2 aromatic heterocycles. The van der Waals surface area contributed by atoms with Crippen LogP contribution >= 0.6 is 0 Å². The normalized spacial score (nSPS) is 12.4. The number of phenolic OH excluding ortho intramolecular Hbond substituents is 1. The van der Waals surface area contributed by atoms with E-state index in [0.717, 1.165) is 83.7 Å². The first-order chi connectivity index (χ1) is 34.5. The molecule has 0 atom stereocenters. The molecule has 0 aliphatic heterocycles. The fraction of sp³-hybridized carbons (Fsp3) is 0.169. The Balaban J connectivity index is 0.00000656. The van der Waals surface area contributed by atoms with Crippen LogP contribution in [0.4, 0.5) is 0 Å². The van der Waals surface area contributed by atoms with E-state index in [0.29, 0.717) is 16.9 Å². The molecular formula is C65H58N3OPt-. The van der Waals surface area contributed by atoms with Gasteiger partial charge in [0, 0.05) is 42.6 Å². The number of aromatic nitrogens is 3. The smallest absolute Gasteiger partial charge is 0.148 e. The van der Waals surface area contributed by atoms with Crippen LogP contribution in [0.15, 0.2) is 188 Å². The average molecular weight is 1100 g/mol. The van der Waals surface area contributed by atoms with Crippen molar-refractivity contribution in [2.24, 2.45) is 0 Å². The molecule has 0 saturated carbocycles. The van der Waals surface area contributed by atoms with E-state index in [2.05, 4.69) is 186 Å². The number of hydrogen-bond acceptors (Lipinski definition) is 3. The van der Waals surface area contributed by atoms with Crippen LogP contribution in [-0.4, -0.2) is 19.6 Å². The van der Waals surface area contributed by atoms with Gasteiger partial charge in [-0.1, -0.05) is 210 Å². The van der Waals surface area contributed by atoms with Gasteiger partial charge in [-0.05, 0) is 105 Å². The molecule has 4 nitrogen and oxygen atoms in total. The molecule has 350 valence electrons. The summed E-state index contributed by atoms with van der Waals surface area (Å²) in [6.07, 6.45) is 1.86. The molecule has 0 spiro atoms. The van der Waals surface area contributed by atoms with E-state index >= 15 is 0 Å². The molecule has 0 aliphatic rings. The molecule has 10 rings (SSSR count). The van der Waals surface area contributed by atoms with Gasteiger partial charge in [0.25, 0.3) is 0 Å². The molecule has 0 fully saturated rings. The van der Waals surface area contributed by atoms with Gasteiger partial charge in [0.15, 0.2) is 0 Å². The first kappa shape index (κ1) is 44.1. The third-order valence-electron chi connectivity index (χ3n) is 13.3. The Kier molecular flexibility index (Phi) is 12.4. The fourth-order valence-electron chi connectivity index (χ4n) is 9.37. The summed E-state index contributed by atoms with van der Waals surface area (Å²) in [5.74, 6) is 0.907. The average Bonchev–Trinajstić information content (AvgIpc) is 3.78. The zero-order valence-corrected chi connectivity index (χ0v) is 42.9. The molecule has 5 heteroatoms. The summed E-state index contributed by atoms with van der Waals surface area (Å²) < 4.78 is 27.6. The van der Waals surface area contributed by atoms with Gasteiger partial charge in [0.05, 0.1) is 22.3 Å². The Morgan fingerprint density at radius 1 is 0.557 bits per heavy atom. The van der Waals surface area contributed by atoms with Crippen molar-refractivity contribution in [2.45, 2.75) is 72.6 Å². The molecule has 0 aliphatic carbocycles. The minimum absolute atomic E-state index is 0. The number of aromatic hydroxyl groups is 1. The molecule has 10 aromatic rings. The van der Waals surface area contributed by atoms with Gasteiger partial charge in [-0.15, -0.1) is 23.8 Å². The summed E-state index contributed by atoms with van der Waals surface area (Å²) >= 11 is 0. The van der Waals surface area contributed by atoms with E-state index in [1.54, 1.807) is 12.1 Å². The summed E-state index contributed by atoms with van der Waals surface area (Å²) in [6, 6.07) is 65.8. The maximum Gasteiger partial charge on any atom is 0.148 e. The largest absolute Gasteiger partial charge is 0.507 e. The maximum absolute atomic E-state index is 12.4. The Morgan fingerprint density at radius 3 is 1.83 bits per heavy atom. The Morgan fingerprint density at radius 2 is 1.19 bits per heavy atom. The number of hydrogen-bond donors (Lipinski definition) is 1. The summed E-state index contributed by atoms with van der Waals surface area (Å²) in [4.78, 5) is 10.5. The van der Waals surface area contributed by atoms with Crippen LogP contribution in [0.1, 0.15) is 86.7 Å². The molecule has 1 N–H and O–H groups in total. The number of imidazole rings is 1. The number of aryl methyl sites for hydroxylation is 1. The van der Waals surface area contributed by atoms with Crippen molar-refractivity contribution in [3.05, 3.63) is 217 Å². The van der Waals surface area contributed by atoms with Gasteiger partial charge >= 0.3 is 0 Å². The number of benzene rings is 8. The molecule has 2 heterocycles. The first-order valence-corrected chi connectivity index (χ1v) is 23.9. The Hall–Kier alpha value is -7.13. The molecular weight excluding hydrogens is 1030 g/mol. The number of pyridine rings is 1. The van der Waals surface area contributed by atoms with Crippen LogP contribution in [-0.2, 0) is 26.5 Å². The second kappa shape index (κ2) is 19.7. The van der Waals surface area contributed by atoms with Gasteiger partial charge < -0.3 is 5.11 Å². The monoisotopic (exact) mass is 1090 g/mol. The van der Waals surface area contributed by atoms with Crippen molar-refractivity contribution in [2.75, 3.05) is 0 Å². The summed E-state index contributed by atoms with van der Waals surface area (Å²) in [5.41, 5.74) is 17.5. The van der Waals surface area contributed by atoms with Crippen LogP contribution in [0.3, 0.4) is 0 Å². The minimum atomic E-state index is -2.35. The zero-order valence-electron chi connectivity index (χ0n) is 43.7. The quantitative estimate of drug-likeness (QED) is 0.139. The van der Waals surface area contributed by atoms with Crippen molar-refractivity contribution in [1.82, 2.24) is 14.5 Å². The molecule has 70 heavy (non-hydrogen) atoms. The van der Waals surface area contributed by atoms with Crippen LogP contribution in [0.25, 0.3) is 95.0 Å². The Labute approximate surface area is 432 Å². The van der Waals surface area contributed by atoms with Crippen LogP contribution in [0.2, 0.25) is 0 Å². The zero-order chi connectivity index (χ0) is 50.5. The standard InChI is InChI=1S/C65H58N3O.Pt/c1-41(2)50-38-56(42(3)4)63(69)58(39-50)64-67-62-55(20-15-21-61(62)68(64)60-31-22-43(5)34-57(60)48-27-29-54(30-28-48)65(6,7)8)52-35-51(45-18-13-10-14-19-45)36-53(37-52)59-40-49(32-33-66-59)47-25-23-46(24-26-47)44-16-11-9-12-17-44;/h9-36,38-42,69H,1-8H3;/q-1;/i5D3;. The van der Waals surface area contributed by atoms with Crippen molar-refractivity contribution >= 4 is 11.0 Å². The first-order valence-electron chi connectivity index (χ1n) is 25.4. The van der Waals surface area contributed by atoms with Crippen LogP contribution in [0.5, 0.6) is 5.75 Å². The number of nitrogens with zero attached hydrogens (tertiary/aromatic N) is 3. The van der Waals surface area contributed by atoms with Crippen molar-refractivity contribution in [3.63, 3.8) is 0 Å². The maximum atomic E-state index is 12.4.